The molecule has 4 aromatic rings. The van der Waals surface area contributed by atoms with Crippen LogP contribution in [-0.4, -0.2) is 48.9 Å². The van der Waals surface area contributed by atoms with Crippen LogP contribution >= 0.6 is 0 Å². The lowest BCUT2D eigenvalue weighted by Crippen LogP contribution is -2.18. The molecule has 8 heteroatoms. The Morgan fingerprint density at radius 1 is 0.690 bits per heavy atom. The molecule has 0 fully saturated rings. The minimum Gasteiger partial charge on any atom is -0.504 e. The Labute approximate surface area is 243 Å². The third-order valence-electron chi connectivity index (χ3n) is 8.01. The molecule has 0 saturated carbocycles. The number of benzene rings is 4. The van der Waals surface area contributed by atoms with Crippen LogP contribution in [-0.2, 0) is 25.7 Å². The number of aromatic hydroxyl groups is 2. The average molecular weight is 563 g/mol. The van der Waals surface area contributed by atoms with Crippen LogP contribution in [0.5, 0.6) is 46.0 Å². The SMILES string of the molecule is COc1cc2c3cc1Oc1c(O)c(OC)cc4c1C(=NCC4)Cc1ccc(cc1)Oc1cc(ccc1O)CC3=NCC2. The van der Waals surface area contributed by atoms with Crippen molar-refractivity contribution < 1.29 is 29.2 Å². The largest absolute Gasteiger partial charge is 0.504 e. The number of methoxy groups -OCH3 is 2. The van der Waals surface area contributed by atoms with Gasteiger partial charge >= 0.3 is 0 Å². The third-order valence-corrected chi connectivity index (χ3v) is 8.01. The van der Waals surface area contributed by atoms with E-state index in [2.05, 4.69) is 0 Å². The highest BCUT2D eigenvalue weighted by Crippen LogP contribution is 2.47. The van der Waals surface area contributed by atoms with Crippen molar-refractivity contribution in [2.24, 2.45) is 9.98 Å². The van der Waals surface area contributed by atoms with Crippen molar-refractivity contribution in [2.75, 3.05) is 27.3 Å². The van der Waals surface area contributed by atoms with Crippen molar-refractivity contribution >= 4 is 11.4 Å². The molecule has 4 aliphatic rings. The highest BCUT2D eigenvalue weighted by molar-refractivity contribution is 6.07. The van der Waals surface area contributed by atoms with Crippen LogP contribution in [0.3, 0.4) is 0 Å². The number of fused-ring (bicyclic) bond motifs is 2. The van der Waals surface area contributed by atoms with Crippen molar-refractivity contribution in [3.8, 4) is 46.0 Å². The first-order valence-electron chi connectivity index (χ1n) is 14.0. The summed E-state index contributed by atoms with van der Waals surface area (Å²) in [4.78, 5) is 9.74. The molecular weight excluding hydrogens is 532 g/mol. The number of rotatable bonds is 2. The zero-order valence-electron chi connectivity index (χ0n) is 23.4. The van der Waals surface area contributed by atoms with Gasteiger partial charge in [-0.25, -0.2) is 0 Å². The van der Waals surface area contributed by atoms with E-state index in [1.165, 1.54) is 7.11 Å². The second-order valence-electron chi connectivity index (χ2n) is 10.6. The van der Waals surface area contributed by atoms with Gasteiger partial charge in [0.25, 0.3) is 0 Å². The maximum Gasteiger partial charge on any atom is 0.202 e. The van der Waals surface area contributed by atoms with Crippen LogP contribution in [0, 0.1) is 0 Å². The van der Waals surface area contributed by atoms with Crippen molar-refractivity contribution in [3.63, 3.8) is 0 Å². The average Bonchev–Trinajstić information content (AvgIpc) is 3.00. The fourth-order valence-corrected chi connectivity index (χ4v) is 5.89. The lowest BCUT2D eigenvalue weighted by Gasteiger charge is -2.25. The summed E-state index contributed by atoms with van der Waals surface area (Å²) in [5, 5.41) is 22.0. The Morgan fingerprint density at radius 2 is 1.38 bits per heavy atom. The van der Waals surface area contributed by atoms with Crippen LogP contribution in [0.1, 0.15) is 33.4 Å². The smallest absolute Gasteiger partial charge is 0.202 e. The summed E-state index contributed by atoms with van der Waals surface area (Å²) < 4.78 is 24.0. The molecule has 0 unspecified atom stereocenters. The third kappa shape index (κ3) is 4.59. The van der Waals surface area contributed by atoms with Gasteiger partial charge in [-0.15, -0.1) is 0 Å². The monoisotopic (exact) mass is 562 g/mol. The quantitative estimate of drug-likeness (QED) is 0.302. The van der Waals surface area contributed by atoms with Gasteiger partial charge in [0.05, 0.1) is 19.9 Å². The molecule has 0 aliphatic carbocycles. The fourth-order valence-electron chi connectivity index (χ4n) is 5.89. The first kappa shape index (κ1) is 26.0. The first-order chi connectivity index (χ1) is 20.5. The molecule has 42 heavy (non-hydrogen) atoms. The zero-order chi connectivity index (χ0) is 28.8. The molecule has 0 amide bonds. The molecular formula is C34H30N2O6. The summed E-state index contributed by atoms with van der Waals surface area (Å²) in [6, 6.07) is 18.9. The Morgan fingerprint density at radius 3 is 2.17 bits per heavy atom. The van der Waals surface area contributed by atoms with Crippen molar-refractivity contribution in [1.82, 2.24) is 0 Å². The van der Waals surface area contributed by atoms with Crippen molar-refractivity contribution in [3.05, 3.63) is 94.0 Å². The van der Waals surface area contributed by atoms with E-state index in [0.29, 0.717) is 66.8 Å². The predicted octanol–water partition coefficient (Wildman–Crippen LogP) is 6.19. The summed E-state index contributed by atoms with van der Waals surface area (Å²) in [5.41, 5.74) is 7.48. The Hall–Kier alpha value is -4.98. The van der Waals surface area contributed by atoms with Crippen LogP contribution in [0.4, 0.5) is 0 Å². The van der Waals surface area contributed by atoms with E-state index in [4.69, 9.17) is 28.9 Å². The summed E-state index contributed by atoms with van der Waals surface area (Å²) in [6.07, 6.45) is 2.52. The maximum absolute atomic E-state index is 11.4. The molecule has 6 bridgehead atoms. The molecule has 0 spiro atoms. The van der Waals surface area contributed by atoms with Gasteiger partial charge in [-0.05, 0) is 77.6 Å². The van der Waals surface area contributed by atoms with Gasteiger partial charge in [0.1, 0.15) is 5.75 Å². The number of phenolic OH excluding ortho intramolecular Hbond substituents is 2. The Bertz CT molecular complexity index is 1770. The van der Waals surface area contributed by atoms with E-state index < -0.39 is 0 Å². The normalized spacial score (nSPS) is 15.2. The lowest BCUT2D eigenvalue weighted by molar-refractivity contribution is 0.343. The van der Waals surface area contributed by atoms with Crippen LogP contribution < -0.4 is 18.9 Å². The van der Waals surface area contributed by atoms with Gasteiger partial charge in [-0.1, -0.05) is 18.2 Å². The number of nitrogens with zero attached hydrogens (tertiary/aromatic N) is 2. The summed E-state index contributed by atoms with van der Waals surface area (Å²) in [7, 11) is 3.15. The van der Waals surface area contributed by atoms with E-state index in [1.807, 2.05) is 54.6 Å². The van der Waals surface area contributed by atoms with Gasteiger partial charge in [0, 0.05) is 42.8 Å². The molecule has 4 aromatic carbocycles. The molecule has 8 rings (SSSR count). The maximum atomic E-state index is 11.4. The molecule has 4 aliphatic heterocycles. The number of ether oxygens (including phenoxy) is 4. The van der Waals surface area contributed by atoms with E-state index in [0.717, 1.165) is 51.2 Å². The second-order valence-corrected chi connectivity index (χ2v) is 10.6. The minimum absolute atomic E-state index is 0.0690. The summed E-state index contributed by atoms with van der Waals surface area (Å²) >= 11 is 0. The van der Waals surface area contributed by atoms with Gasteiger partial charge < -0.3 is 29.2 Å². The van der Waals surface area contributed by atoms with E-state index in [-0.39, 0.29) is 11.5 Å². The van der Waals surface area contributed by atoms with Gasteiger partial charge in [-0.2, -0.15) is 0 Å². The van der Waals surface area contributed by atoms with Crippen molar-refractivity contribution in [1.29, 1.82) is 0 Å². The molecule has 212 valence electrons. The van der Waals surface area contributed by atoms with E-state index >= 15 is 0 Å². The van der Waals surface area contributed by atoms with E-state index in [9.17, 15) is 10.2 Å². The highest BCUT2D eigenvalue weighted by Gasteiger charge is 2.28. The number of hydrogen-bond donors (Lipinski definition) is 2. The highest BCUT2D eigenvalue weighted by atomic mass is 16.5. The first-order valence-corrected chi connectivity index (χ1v) is 14.0. The standard InChI is InChI=1S/C34H30N2O6/c1-39-29-16-21-9-11-35-25-14-20-5-8-27(37)28(15-20)41-23-6-3-19(4-7-23)13-26-32-22(10-12-36-26)17-31(40-2)33(38)34(32)42-30(29)18-24(21)25/h3-8,15-18,37-38H,9-14H2,1-2H3. The molecule has 0 radical (unpaired) electrons. The molecule has 4 heterocycles. The van der Waals surface area contributed by atoms with Crippen molar-refractivity contribution in [2.45, 2.75) is 25.7 Å². The van der Waals surface area contributed by atoms with Crippen LogP contribution in [0.25, 0.3) is 0 Å². The molecule has 0 saturated heterocycles. The number of aliphatic imine (C=N–C) groups is 2. The molecule has 8 nitrogen and oxygen atoms in total. The zero-order valence-corrected chi connectivity index (χ0v) is 23.4. The Balaban J connectivity index is 1.44. The fraction of sp³-hybridized carbons (Fsp3) is 0.235. The van der Waals surface area contributed by atoms with Crippen LogP contribution in [0.2, 0.25) is 0 Å². The summed E-state index contributed by atoms with van der Waals surface area (Å²) in [5.74, 6) is 2.63. The van der Waals surface area contributed by atoms with Gasteiger partial charge in [0.15, 0.2) is 34.5 Å². The lowest BCUT2D eigenvalue weighted by atomic mass is 9.91. The number of phenols is 2. The molecule has 2 N–H and O–H groups in total. The van der Waals surface area contributed by atoms with E-state index in [1.54, 1.807) is 13.2 Å². The second kappa shape index (κ2) is 10.4. The molecule has 0 aromatic heterocycles. The topological polar surface area (TPSA) is 102 Å². The minimum atomic E-state index is -0.0886. The predicted molar refractivity (Wildman–Crippen MR) is 160 cm³/mol. The van der Waals surface area contributed by atoms with Crippen LogP contribution in [0.15, 0.2) is 70.6 Å². The molecule has 0 atom stereocenters. The Kier molecular flexibility index (Phi) is 6.46. The van der Waals surface area contributed by atoms with Gasteiger partial charge in [0.2, 0.25) is 5.75 Å². The number of hydrogen-bond acceptors (Lipinski definition) is 8. The summed E-state index contributed by atoms with van der Waals surface area (Å²) in [6.45, 7) is 1.28. The van der Waals surface area contributed by atoms with Gasteiger partial charge in [-0.3, -0.25) is 9.98 Å².